The Morgan fingerprint density at radius 1 is 1.14 bits per heavy atom. The van der Waals surface area contributed by atoms with Gasteiger partial charge in [0, 0.05) is 17.1 Å². The molecule has 2 unspecified atom stereocenters. The number of halogens is 1. The van der Waals surface area contributed by atoms with Crippen LogP contribution < -0.4 is 4.74 Å². The van der Waals surface area contributed by atoms with Crippen molar-refractivity contribution < 1.29 is 24.4 Å². The maximum absolute atomic E-state index is 9.85. The van der Waals surface area contributed by atoms with Crippen molar-refractivity contribution in [1.29, 1.82) is 0 Å². The van der Waals surface area contributed by atoms with Gasteiger partial charge in [0.05, 0.1) is 25.4 Å². The lowest BCUT2D eigenvalue weighted by molar-refractivity contribution is -0.0424. The molecule has 0 aliphatic carbocycles. The van der Waals surface area contributed by atoms with Crippen LogP contribution in [0.15, 0.2) is 22.7 Å². The highest BCUT2D eigenvalue weighted by Gasteiger charge is 2.13. The lowest BCUT2D eigenvalue weighted by Crippen LogP contribution is -2.27. The van der Waals surface area contributed by atoms with E-state index in [1.165, 1.54) is 0 Å². The maximum atomic E-state index is 9.85. The average molecular weight is 363 g/mol. The minimum Gasteiger partial charge on any atom is -0.490 e. The molecule has 2 N–H and O–H groups in total. The molecule has 5 nitrogen and oxygen atoms in total. The molecule has 3 atom stereocenters. The van der Waals surface area contributed by atoms with Crippen LogP contribution in [0.5, 0.6) is 5.75 Å². The SMILES string of the molecule is COCC(C)OCC(O)COc1ccc(Br)cc1[C@H](C)O. The summed E-state index contributed by atoms with van der Waals surface area (Å²) in [5.41, 5.74) is 0.672. The predicted molar refractivity (Wildman–Crippen MR) is 83.6 cm³/mol. The summed E-state index contributed by atoms with van der Waals surface area (Å²) >= 11 is 3.35. The van der Waals surface area contributed by atoms with Gasteiger partial charge in [-0.3, -0.25) is 0 Å². The van der Waals surface area contributed by atoms with E-state index in [2.05, 4.69) is 15.9 Å². The molecule has 0 heterocycles. The molecular weight excluding hydrogens is 340 g/mol. The zero-order chi connectivity index (χ0) is 15.8. The number of rotatable bonds is 9. The Hall–Kier alpha value is -0.660. The van der Waals surface area contributed by atoms with Gasteiger partial charge >= 0.3 is 0 Å². The summed E-state index contributed by atoms with van der Waals surface area (Å²) in [5, 5.41) is 19.6. The van der Waals surface area contributed by atoms with Gasteiger partial charge in [0.25, 0.3) is 0 Å². The maximum Gasteiger partial charge on any atom is 0.125 e. The molecule has 1 rings (SSSR count). The molecule has 0 saturated carbocycles. The summed E-state index contributed by atoms with van der Waals surface area (Å²) in [6.07, 6.45) is -1.47. The lowest BCUT2D eigenvalue weighted by atomic mass is 10.1. The summed E-state index contributed by atoms with van der Waals surface area (Å²) in [5.74, 6) is 0.553. The van der Waals surface area contributed by atoms with Crippen LogP contribution in [0.25, 0.3) is 0 Å². The van der Waals surface area contributed by atoms with Gasteiger partial charge in [-0.25, -0.2) is 0 Å². The van der Waals surface area contributed by atoms with Crippen LogP contribution in [0.4, 0.5) is 0 Å². The van der Waals surface area contributed by atoms with Crippen molar-refractivity contribution in [3.63, 3.8) is 0 Å². The molecule has 0 bridgehead atoms. The number of aliphatic hydroxyl groups excluding tert-OH is 2. The lowest BCUT2D eigenvalue weighted by Gasteiger charge is -2.18. The minimum atomic E-state index is -0.741. The number of benzene rings is 1. The fourth-order valence-corrected chi connectivity index (χ4v) is 2.15. The second kappa shape index (κ2) is 9.38. The Bertz CT molecular complexity index is 425. The standard InChI is InChI=1S/C15H23BrO5/c1-10(7-19-3)20-8-13(18)9-21-15-5-4-12(16)6-14(15)11(2)17/h4-6,10-11,13,17-18H,7-9H2,1-3H3/t10?,11-,13?/m0/s1. The van der Waals surface area contributed by atoms with Crippen molar-refractivity contribution in [2.75, 3.05) is 26.9 Å². The van der Waals surface area contributed by atoms with E-state index < -0.39 is 12.2 Å². The second-order valence-electron chi connectivity index (χ2n) is 4.92. The summed E-state index contributed by atoms with van der Waals surface area (Å²) in [7, 11) is 1.60. The number of ether oxygens (including phenoxy) is 3. The summed E-state index contributed by atoms with van der Waals surface area (Å²) < 4.78 is 16.8. The number of hydrogen-bond acceptors (Lipinski definition) is 5. The first-order valence-electron chi connectivity index (χ1n) is 6.83. The fraction of sp³-hybridized carbons (Fsp3) is 0.600. The van der Waals surface area contributed by atoms with Crippen LogP contribution in [-0.4, -0.2) is 49.4 Å². The van der Waals surface area contributed by atoms with Crippen molar-refractivity contribution in [1.82, 2.24) is 0 Å². The largest absolute Gasteiger partial charge is 0.490 e. The van der Waals surface area contributed by atoms with E-state index in [0.29, 0.717) is 17.9 Å². The van der Waals surface area contributed by atoms with Crippen LogP contribution in [0.3, 0.4) is 0 Å². The zero-order valence-corrected chi connectivity index (χ0v) is 14.2. The van der Waals surface area contributed by atoms with Crippen molar-refractivity contribution in [3.05, 3.63) is 28.2 Å². The summed E-state index contributed by atoms with van der Waals surface area (Å²) in [6.45, 7) is 4.29. The van der Waals surface area contributed by atoms with Crippen LogP contribution in [0.1, 0.15) is 25.5 Å². The minimum absolute atomic E-state index is 0.0784. The third-order valence-electron chi connectivity index (χ3n) is 2.83. The van der Waals surface area contributed by atoms with Gasteiger partial charge in [0.1, 0.15) is 18.5 Å². The number of aliphatic hydroxyl groups is 2. The third-order valence-corrected chi connectivity index (χ3v) is 3.32. The molecule has 0 aliphatic heterocycles. The second-order valence-corrected chi connectivity index (χ2v) is 5.84. The van der Waals surface area contributed by atoms with Gasteiger partial charge in [-0.1, -0.05) is 15.9 Å². The molecule has 0 radical (unpaired) electrons. The summed E-state index contributed by atoms with van der Waals surface area (Å²) in [4.78, 5) is 0. The first kappa shape index (κ1) is 18.4. The van der Waals surface area contributed by atoms with E-state index >= 15 is 0 Å². The van der Waals surface area contributed by atoms with Crippen LogP contribution >= 0.6 is 15.9 Å². The van der Waals surface area contributed by atoms with Crippen molar-refractivity contribution in [3.8, 4) is 5.75 Å². The number of hydrogen-bond donors (Lipinski definition) is 2. The molecule has 0 fully saturated rings. The van der Waals surface area contributed by atoms with Crippen molar-refractivity contribution >= 4 is 15.9 Å². The predicted octanol–water partition coefficient (Wildman–Crippen LogP) is 2.29. The van der Waals surface area contributed by atoms with E-state index in [1.807, 2.05) is 13.0 Å². The molecular formula is C15H23BrO5. The molecule has 1 aromatic rings. The molecule has 6 heteroatoms. The molecule has 0 aromatic heterocycles. The molecule has 0 saturated heterocycles. The van der Waals surface area contributed by atoms with Gasteiger partial charge < -0.3 is 24.4 Å². The van der Waals surface area contributed by atoms with Crippen LogP contribution in [-0.2, 0) is 9.47 Å². The molecule has 21 heavy (non-hydrogen) atoms. The van der Waals surface area contributed by atoms with Crippen molar-refractivity contribution in [2.45, 2.75) is 32.2 Å². The topological polar surface area (TPSA) is 68.2 Å². The third kappa shape index (κ3) is 6.76. The normalized spacial score (nSPS) is 15.5. The van der Waals surface area contributed by atoms with Gasteiger partial charge in [-0.15, -0.1) is 0 Å². The quantitative estimate of drug-likeness (QED) is 0.705. The Kier molecular flexibility index (Phi) is 8.21. The van der Waals surface area contributed by atoms with Crippen LogP contribution in [0, 0.1) is 0 Å². The molecule has 0 aliphatic rings. The molecule has 1 aromatic carbocycles. The van der Waals surface area contributed by atoms with E-state index in [4.69, 9.17) is 14.2 Å². The Balaban J connectivity index is 2.47. The highest BCUT2D eigenvalue weighted by molar-refractivity contribution is 9.10. The Morgan fingerprint density at radius 3 is 2.48 bits per heavy atom. The smallest absolute Gasteiger partial charge is 0.125 e. The first-order chi connectivity index (χ1) is 9.93. The highest BCUT2D eigenvalue weighted by Crippen LogP contribution is 2.28. The van der Waals surface area contributed by atoms with Crippen molar-refractivity contribution in [2.24, 2.45) is 0 Å². The zero-order valence-electron chi connectivity index (χ0n) is 12.6. The van der Waals surface area contributed by atoms with E-state index in [-0.39, 0.29) is 19.3 Å². The van der Waals surface area contributed by atoms with Gasteiger partial charge in [-0.2, -0.15) is 0 Å². The van der Waals surface area contributed by atoms with E-state index in [0.717, 1.165) is 4.47 Å². The fourth-order valence-electron chi connectivity index (χ4n) is 1.77. The molecule has 120 valence electrons. The Labute approximate surface area is 134 Å². The molecule has 0 spiro atoms. The van der Waals surface area contributed by atoms with E-state index in [1.54, 1.807) is 26.2 Å². The van der Waals surface area contributed by atoms with E-state index in [9.17, 15) is 10.2 Å². The average Bonchev–Trinajstić information content (AvgIpc) is 2.44. The highest BCUT2D eigenvalue weighted by atomic mass is 79.9. The first-order valence-corrected chi connectivity index (χ1v) is 7.62. The van der Waals surface area contributed by atoms with Crippen LogP contribution in [0.2, 0.25) is 0 Å². The number of methoxy groups -OCH3 is 1. The van der Waals surface area contributed by atoms with Gasteiger partial charge in [0.2, 0.25) is 0 Å². The molecule has 0 amide bonds. The monoisotopic (exact) mass is 362 g/mol. The Morgan fingerprint density at radius 2 is 1.86 bits per heavy atom. The summed E-state index contributed by atoms with van der Waals surface area (Å²) in [6, 6.07) is 5.38. The van der Waals surface area contributed by atoms with Gasteiger partial charge in [-0.05, 0) is 32.0 Å². The van der Waals surface area contributed by atoms with Gasteiger partial charge in [0.15, 0.2) is 0 Å².